The van der Waals surface area contributed by atoms with Gasteiger partial charge < -0.3 is 5.32 Å². The lowest BCUT2D eigenvalue weighted by atomic mass is 9.89. The number of thiophene rings is 1. The van der Waals surface area contributed by atoms with Gasteiger partial charge in [-0.15, -0.1) is 11.3 Å². The topological polar surface area (TPSA) is 29.9 Å². The summed E-state index contributed by atoms with van der Waals surface area (Å²) < 4.78 is 1.91. The standard InChI is InChI=1S/C14H21N3S/c1-14(2,3)13-11(10-17(4)16-13)8-15-9-12-6-5-7-18-12/h5-7,10,15H,8-9H2,1-4H3. The molecule has 98 valence electrons. The first-order valence-electron chi connectivity index (χ1n) is 6.23. The van der Waals surface area contributed by atoms with Gasteiger partial charge in [-0.1, -0.05) is 26.8 Å². The van der Waals surface area contributed by atoms with Gasteiger partial charge in [-0.05, 0) is 11.4 Å². The van der Waals surface area contributed by atoms with Crippen molar-refractivity contribution in [3.63, 3.8) is 0 Å². The third kappa shape index (κ3) is 3.21. The van der Waals surface area contributed by atoms with Gasteiger partial charge in [0.05, 0.1) is 5.69 Å². The summed E-state index contributed by atoms with van der Waals surface area (Å²) in [4.78, 5) is 1.37. The molecule has 4 heteroatoms. The molecule has 0 unspecified atom stereocenters. The van der Waals surface area contributed by atoms with Crippen molar-refractivity contribution in [3.8, 4) is 0 Å². The fourth-order valence-corrected chi connectivity index (χ4v) is 2.71. The van der Waals surface area contributed by atoms with E-state index in [9.17, 15) is 0 Å². The monoisotopic (exact) mass is 263 g/mol. The zero-order chi connectivity index (χ0) is 13.2. The van der Waals surface area contributed by atoms with Crippen molar-refractivity contribution in [1.29, 1.82) is 0 Å². The molecule has 2 aromatic rings. The molecule has 18 heavy (non-hydrogen) atoms. The molecular weight excluding hydrogens is 242 g/mol. The van der Waals surface area contributed by atoms with E-state index in [1.165, 1.54) is 16.1 Å². The van der Waals surface area contributed by atoms with Crippen molar-refractivity contribution in [1.82, 2.24) is 15.1 Å². The van der Waals surface area contributed by atoms with Gasteiger partial charge in [0, 0.05) is 42.2 Å². The molecule has 0 spiro atoms. The van der Waals surface area contributed by atoms with E-state index in [0.717, 1.165) is 13.1 Å². The smallest absolute Gasteiger partial charge is 0.0722 e. The van der Waals surface area contributed by atoms with E-state index >= 15 is 0 Å². The van der Waals surface area contributed by atoms with E-state index < -0.39 is 0 Å². The van der Waals surface area contributed by atoms with E-state index in [-0.39, 0.29) is 5.41 Å². The van der Waals surface area contributed by atoms with E-state index in [1.54, 1.807) is 11.3 Å². The van der Waals surface area contributed by atoms with E-state index in [2.05, 4.69) is 54.9 Å². The molecule has 0 saturated carbocycles. The maximum absolute atomic E-state index is 4.58. The number of nitrogens with one attached hydrogen (secondary N) is 1. The summed E-state index contributed by atoms with van der Waals surface area (Å²) in [5.41, 5.74) is 2.58. The SMILES string of the molecule is Cn1cc(CNCc2cccs2)c(C(C)(C)C)n1. The minimum atomic E-state index is 0.0984. The van der Waals surface area contributed by atoms with E-state index in [4.69, 9.17) is 0 Å². The predicted octanol–water partition coefficient (Wildman–Crippen LogP) is 3.07. The number of hydrogen-bond donors (Lipinski definition) is 1. The quantitative estimate of drug-likeness (QED) is 0.918. The lowest BCUT2D eigenvalue weighted by molar-refractivity contribution is 0.543. The first-order chi connectivity index (χ1) is 8.47. The first-order valence-corrected chi connectivity index (χ1v) is 7.11. The highest BCUT2D eigenvalue weighted by Gasteiger charge is 2.21. The molecule has 0 bridgehead atoms. The first kappa shape index (κ1) is 13.3. The predicted molar refractivity (Wildman–Crippen MR) is 76.8 cm³/mol. The molecule has 2 aromatic heterocycles. The van der Waals surface area contributed by atoms with Crippen LogP contribution in [0, 0.1) is 0 Å². The summed E-state index contributed by atoms with van der Waals surface area (Å²) in [6.07, 6.45) is 2.11. The fourth-order valence-electron chi connectivity index (χ4n) is 2.03. The molecule has 3 nitrogen and oxygen atoms in total. The highest BCUT2D eigenvalue weighted by molar-refractivity contribution is 7.09. The number of aryl methyl sites for hydroxylation is 1. The van der Waals surface area contributed by atoms with Crippen LogP contribution in [-0.2, 0) is 25.6 Å². The van der Waals surface area contributed by atoms with E-state index in [0.29, 0.717) is 0 Å². The Hall–Kier alpha value is -1.13. The Kier molecular flexibility index (Phi) is 3.88. The summed E-state index contributed by atoms with van der Waals surface area (Å²) in [6.45, 7) is 8.42. The van der Waals surface area contributed by atoms with Crippen molar-refractivity contribution < 1.29 is 0 Å². The van der Waals surface area contributed by atoms with Crippen LogP contribution >= 0.6 is 11.3 Å². The van der Waals surface area contributed by atoms with E-state index in [1.807, 2.05) is 11.7 Å². The van der Waals surface area contributed by atoms with Crippen LogP contribution in [0.4, 0.5) is 0 Å². The summed E-state index contributed by atoms with van der Waals surface area (Å²) in [6, 6.07) is 4.25. The number of aromatic nitrogens is 2. The Morgan fingerprint density at radius 2 is 2.11 bits per heavy atom. The number of hydrogen-bond acceptors (Lipinski definition) is 3. The molecule has 0 atom stereocenters. The summed E-state index contributed by atoms with van der Waals surface area (Å²) in [5.74, 6) is 0. The molecule has 0 amide bonds. The number of nitrogens with zero attached hydrogens (tertiary/aromatic N) is 2. The van der Waals surface area contributed by atoms with Gasteiger partial charge in [0.2, 0.25) is 0 Å². The maximum Gasteiger partial charge on any atom is 0.0722 e. The molecule has 0 aliphatic carbocycles. The molecule has 0 aliphatic rings. The molecule has 0 radical (unpaired) electrons. The maximum atomic E-state index is 4.58. The summed E-state index contributed by atoms with van der Waals surface area (Å²) in [5, 5.41) is 10.2. The number of rotatable bonds is 4. The van der Waals surface area contributed by atoms with Crippen LogP contribution in [0.15, 0.2) is 23.7 Å². The van der Waals surface area contributed by atoms with Crippen LogP contribution in [0.5, 0.6) is 0 Å². The Morgan fingerprint density at radius 3 is 2.72 bits per heavy atom. The van der Waals surface area contributed by atoms with Gasteiger partial charge in [-0.25, -0.2) is 0 Å². The molecule has 0 aliphatic heterocycles. The minimum Gasteiger partial charge on any atom is -0.308 e. The van der Waals surface area contributed by atoms with Crippen LogP contribution in [0.25, 0.3) is 0 Å². The van der Waals surface area contributed by atoms with Crippen LogP contribution in [0.3, 0.4) is 0 Å². The van der Waals surface area contributed by atoms with Gasteiger partial charge in [-0.3, -0.25) is 4.68 Å². The van der Waals surface area contributed by atoms with Gasteiger partial charge >= 0.3 is 0 Å². The average molecular weight is 263 g/mol. The van der Waals surface area contributed by atoms with Crippen molar-refractivity contribution in [2.45, 2.75) is 39.3 Å². The normalized spacial score (nSPS) is 12.0. The van der Waals surface area contributed by atoms with Gasteiger partial charge in [0.15, 0.2) is 0 Å². The Balaban J connectivity index is 2.01. The Morgan fingerprint density at radius 1 is 1.33 bits per heavy atom. The minimum absolute atomic E-state index is 0.0984. The van der Waals surface area contributed by atoms with Crippen molar-refractivity contribution >= 4 is 11.3 Å². The van der Waals surface area contributed by atoms with Crippen LogP contribution < -0.4 is 5.32 Å². The van der Waals surface area contributed by atoms with Crippen LogP contribution in [0.2, 0.25) is 0 Å². The molecule has 0 saturated heterocycles. The zero-order valence-corrected chi connectivity index (χ0v) is 12.3. The summed E-state index contributed by atoms with van der Waals surface area (Å²) in [7, 11) is 1.98. The largest absolute Gasteiger partial charge is 0.308 e. The van der Waals surface area contributed by atoms with Crippen molar-refractivity contribution in [2.75, 3.05) is 0 Å². The molecule has 0 aromatic carbocycles. The fraction of sp³-hybridized carbons (Fsp3) is 0.500. The summed E-state index contributed by atoms with van der Waals surface area (Å²) >= 11 is 1.79. The molecular formula is C14H21N3S. The average Bonchev–Trinajstić information content (AvgIpc) is 2.87. The third-order valence-corrected chi connectivity index (χ3v) is 3.69. The van der Waals surface area contributed by atoms with Crippen LogP contribution in [-0.4, -0.2) is 9.78 Å². The van der Waals surface area contributed by atoms with Crippen molar-refractivity contribution in [2.24, 2.45) is 7.05 Å². The second-order valence-electron chi connectivity index (χ2n) is 5.61. The highest BCUT2D eigenvalue weighted by Crippen LogP contribution is 2.24. The Labute approximate surface area is 113 Å². The van der Waals surface area contributed by atoms with Gasteiger partial charge in [-0.2, -0.15) is 5.10 Å². The zero-order valence-electron chi connectivity index (χ0n) is 11.5. The Bertz CT molecular complexity index is 492. The van der Waals surface area contributed by atoms with Crippen molar-refractivity contribution in [3.05, 3.63) is 39.8 Å². The molecule has 0 fully saturated rings. The second-order valence-corrected chi connectivity index (χ2v) is 6.64. The van der Waals surface area contributed by atoms with Crippen LogP contribution in [0.1, 0.15) is 36.9 Å². The second kappa shape index (κ2) is 5.24. The highest BCUT2D eigenvalue weighted by atomic mass is 32.1. The van der Waals surface area contributed by atoms with Gasteiger partial charge in [0.1, 0.15) is 0 Å². The molecule has 1 N–H and O–H groups in total. The third-order valence-electron chi connectivity index (χ3n) is 2.81. The van der Waals surface area contributed by atoms with Gasteiger partial charge in [0.25, 0.3) is 0 Å². The molecule has 2 heterocycles. The molecule has 2 rings (SSSR count). The lowest BCUT2D eigenvalue weighted by Gasteiger charge is -2.17. The lowest BCUT2D eigenvalue weighted by Crippen LogP contribution is -2.18.